The molecule has 0 aliphatic carbocycles. The van der Waals surface area contributed by atoms with Crippen molar-refractivity contribution in [2.75, 3.05) is 10.0 Å². The Balaban J connectivity index is 1.74. The zero-order valence-corrected chi connectivity index (χ0v) is 14.3. The monoisotopic (exact) mass is 376 g/mol. The molecule has 1 aromatic heterocycles. The predicted octanol–water partition coefficient (Wildman–Crippen LogP) is 3.12. The molecule has 0 saturated carbocycles. The molecule has 0 atom stereocenters. The third-order valence-electron chi connectivity index (χ3n) is 3.27. The molecule has 0 bridgehead atoms. The standard InChI is InChI=1S/C16H13ClN4O3S/c17-12-3-5-13(6-4-12)21-25(23,24)14-7-1-11(2-8-14)16(22)19-15-9-10-18-20-15/h1-10,21H,(H2,18,19,20,22). The number of carbonyl (C=O) groups is 1. The number of halogens is 1. The topological polar surface area (TPSA) is 104 Å². The molecule has 7 nitrogen and oxygen atoms in total. The van der Waals surface area contributed by atoms with Crippen LogP contribution >= 0.6 is 11.6 Å². The van der Waals surface area contributed by atoms with Crippen LogP contribution in [-0.4, -0.2) is 24.5 Å². The molecule has 0 aliphatic heterocycles. The number of hydrogen-bond acceptors (Lipinski definition) is 4. The van der Waals surface area contributed by atoms with Gasteiger partial charge in [-0.05, 0) is 48.5 Å². The summed E-state index contributed by atoms with van der Waals surface area (Å²) in [6, 6.07) is 13.5. The summed E-state index contributed by atoms with van der Waals surface area (Å²) in [5, 5.41) is 9.45. The average molecular weight is 377 g/mol. The first-order valence-electron chi connectivity index (χ1n) is 7.13. The lowest BCUT2D eigenvalue weighted by Crippen LogP contribution is -2.15. The summed E-state index contributed by atoms with van der Waals surface area (Å²) >= 11 is 5.78. The van der Waals surface area contributed by atoms with Crippen LogP contribution in [0.4, 0.5) is 11.5 Å². The lowest BCUT2D eigenvalue weighted by atomic mass is 10.2. The SMILES string of the molecule is O=C(Nc1ccn[nH]1)c1ccc(S(=O)(=O)Nc2ccc(Cl)cc2)cc1. The van der Waals surface area contributed by atoms with E-state index in [1.54, 1.807) is 30.3 Å². The number of benzene rings is 2. The highest BCUT2D eigenvalue weighted by molar-refractivity contribution is 7.92. The Kier molecular flexibility index (Phi) is 4.73. The van der Waals surface area contributed by atoms with Crippen molar-refractivity contribution in [2.45, 2.75) is 4.90 Å². The zero-order valence-electron chi connectivity index (χ0n) is 12.7. The van der Waals surface area contributed by atoms with E-state index in [4.69, 9.17) is 11.6 Å². The van der Waals surface area contributed by atoms with Gasteiger partial charge < -0.3 is 5.32 Å². The molecule has 3 N–H and O–H groups in total. The molecule has 128 valence electrons. The Hall–Kier alpha value is -2.84. The number of H-pyrrole nitrogens is 1. The molecular weight excluding hydrogens is 364 g/mol. The molecule has 0 spiro atoms. The van der Waals surface area contributed by atoms with Gasteiger partial charge in [-0.1, -0.05) is 11.6 Å². The Bertz CT molecular complexity index is 969. The van der Waals surface area contributed by atoms with E-state index in [1.807, 2.05) is 0 Å². The molecule has 9 heteroatoms. The van der Waals surface area contributed by atoms with E-state index in [0.29, 0.717) is 22.1 Å². The number of aromatic nitrogens is 2. The van der Waals surface area contributed by atoms with Crippen LogP contribution in [0, 0.1) is 0 Å². The molecule has 1 amide bonds. The number of amides is 1. The van der Waals surface area contributed by atoms with E-state index in [2.05, 4.69) is 20.2 Å². The molecule has 2 aromatic carbocycles. The maximum Gasteiger partial charge on any atom is 0.261 e. The van der Waals surface area contributed by atoms with Crippen LogP contribution in [-0.2, 0) is 10.0 Å². The number of sulfonamides is 1. The molecule has 25 heavy (non-hydrogen) atoms. The third-order valence-corrected chi connectivity index (χ3v) is 4.92. The molecule has 0 aliphatic rings. The summed E-state index contributed by atoms with van der Waals surface area (Å²) in [4.78, 5) is 12.1. The first-order chi connectivity index (χ1) is 11.9. The lowest BCUT2D eigenvalue weighted by Gasteiger charge is -2.09. The van der Waals surface area contributed by atoms with Crippen molar-refractivity contribution in [1.29, 1.82) is 0 Å². The highest BCUT2D eigenvalue weighted by atomic mass is 35.5. The van der Waals surface area contributed by atoms with Crippen LogP contribution < -0.4 is 10.0 Å². The summed E-state index contributed by atoms with van der Waals surface area (Å²) in [5.41, 5.74) is 0.713. The minimum atomic E-state index is -3.76. The number of carbonyl (C=O) groups excluding carboxylic acids is 1. The van der Waals surface area contributed by atoms with Crippen LogP contribution in [0.5, 0.6) is 0 Å². The zero-order chi connectivity index (χ0) is 17.9. The quantitative estimate of drug-likeness (QED) is 0.636. The van der Waals surface area contributed by atoms with Crippen molar-refractivity contribution in [1.82, 2.24) is 10.2 Å². The van der Waals surface area contributed by atoms with E-state index in [9.17, 15) is 13.2 Å². The molecule has 1 heterocycles. The van der Waals surface area contributed by atoms with Gasteiger partial charge in [0.05, 0.1) is 11.1 Å². The molecule has 0 radical (unpaired) electrons. The number of anilines is 2. The van der Waals surface area contributed by atoms with Gasteiger partial charge in [0.2, 0.25) is 0 Å². The normalized spacial score (nSPS) is 11.1. The second-order valence-corrected chi connectivity index (χ2v) is 7.18. The highest BCUT2D eigenvalue weighted by Crippen LogP contribution is 2.19. The smallest absolute Gasteiger partial charge is 0.261 e. The summed E-state index contributed by atoms with van der Waals surface area (Å²) in [7, 11) is -3.76. The maximum absolute atomic E-state index is 12.4. The molecule has 0 unspecified atom stereocenters. The van der Waals surface area contributed by atoms with Gasteiger partial charge in [0.15, 0.2) is 0 Å². The number of hydrogen-bond donors (Lipinski definition) is 3. The van der Waals surface area contributed by atoms with Gasteiger partial charge in [-0.25, -0.2) is 8.42 Å². The number of nitrogens with one attached hydrogen (secondary N) is 3. The summed E-state index contributed by atoms with van der Waals surface area (Å²) in [6.45, 7) is 0. The van der Waals surface area contributed by atoms with Crippen molar-refractivity contribution in [2.24, 2.45) is 0 Å². The van der Waals surface area contributed by atoms with Crippen LogP contribution in [0.2, 0.25) is 5.02 Å². The van der Waals surface area contributed by atoms with Gasteiger partial charge in [-0.2, -0.15) is 5.10 Å². The fourth-order valence-corrected chi connectivity index (χ4v) is 3.22. The average Bonchev–Trinajstić information content (AvgIpc) is 3.10. The third kappa shape index (κ3) is 4.17. The summed E-state index contributed by atoms with van der Waals surface area (Å²) < 4.78 is 27.2. The fourth-order valence-electron chi connectivity index (χ4n) is 2.04. The molecule has 0 fully saturated rings. The number of nitrogens with zero attached hydrogens (tertiary/aromatic N) is 1. The van der Waals surface area contributed by atoms with Crippen LogP contribution in [0.1, 0.15) is 10.4 Å². The molecular formula is C16H13ClN4O3S. The Morgan fingerprint density at radius 3 is 2.28 bits per heavy atom. The Morgan fingerprint density at radius 1 is 1.00 bits per heavy atom. The van der Waals surface area contributed by atoms with Crippen molar-refractivity contribution in [3.8, 4) is 0 Å². The van der Waals surface area contributed by atoms with E-state index >= 15 is 0 Å². The van der Waals surface area contributed by atoms with Crippen LogP contribution in [0.3, 0.4) is 0 Å². The molecule has 3 aromatic rings. The van der Waals surface area contributed by atoms with Crippen molar-refractivity contribution >= 4 is 39.0 Å². The van der Waals surface area contributed by atoms with E-state index in [0.717, 1.165) is 0 Å². The fraction of sp³-hybridized carbons (Fsp3) is 0. The second-order valence-electron chi connectivity index (χ2n) is 5.06. The van der Waals surface area contributed by atoms with Gasteiger partial charge in [-0.15, -0.1) is 0 Å². The largest absolute Gasteiger partial charge is 0.307 e. The first-order valence-corrected chi connectivity index (χ1v) is 8.99. The first kappa shape index (κ1) is 17.0. The number of rotatable bonds is 5. The van der Waals surface area contributed by atoms with Gasteiger partial charge in [-0.3, -0.25) is 14.6 Å². The van der Waals surface area contributed by atoms with Gasteiger partial charge >= 0.3 is 0 Å². The predicted molar refractivity (Wildman–Crippen MR) is 95.2 cm³/mol. The van der Waals surface area contributed by atoms with Crippen molar-refractivity contribution in [3.63, 3.8) is 0 Å². The van der Waals surface area contributed by atoms with Crippen molar-refractivity contribution in [3.05, 3.63) is 71.4 Å². The summed E-state index contributed by atoms with van der Waals surface area (Å²) in [5.74, 6) is 0.0740. The highest BCUT2D eigenvalue weighted by Gasteiger charge is 2.15. The Labute approximate surface area is 149 Å². The van der Waals surface area contributed by atoms with Crippen LogP contribution in [0.15, 0.2) is 65.7 Å². The van der Waals surface area contributed by atoms with E-state index in [1.165, 1.54) is 30.5 Å². The minimum absolute atomic E-state index is 0.0422. The lowest BCUT2D eigenvalue weighted by molar-refractivity contribution is 0.102. The summed E-state index contributed by atoms with van der Waals surface area (Å²) in [6.07, 6.45) is 1.51. The van der Waals surface area contributed by atoms with Gasteiger partial charge in [0.25, 0.3) is 15.9 Å². The maximum atomic E-state index is 12.4. The van der Waals surface area contributed by atoms with E-state index in [-0.39, 0.29) is 10.8 Å². The van der Waals surface area contributed by atoms with Crippen molar-refractivity contribution < 1.29 is 13.2 Å². The van der Waals surface area contributed by atoms with Gasteiger partial charge in [0, 0.05) is 22.3 Å². The number of aromatic amines is 1. The second kappa shape index (κ2) is 6.96. The molecule has 0 saturated heterocycles. The molecule has 3 rings (SSSR count). The minimum Gasteiger partial charge on any atom is -0.307 e. The Morgan fingerprint density at radius 2 is 1.68 bits per heavy atom. The van der Waals surface area contributed by atoms with Gasteiger partial charge in [0.1, 0.15) is 5.82 Å². The van der Waals surface area contributed by atoms with Crippen LogP contribution in [0.25, 0.3) is 0 Å². The van der Waals surface area contributed by atoms with E-state index < -0.39 is 10.0 Å².